The van der Waals surface area contributed by atoms with Gasteiger partial charge in [0, 0.05) is 18.8 Å². The Kier molecular flexibility index (Phi) is 6.46. The normalized spacial score (nSPS) is 32.6. The number of hydrogen-bond donors (Lipinski definition) is 7. The molecule has 2 saturated heterocycles. The number of phosphoric acid groups is 3. The van der Waals surface area contributed by atoms with Gasteiger partial charge in [-0.3, -0.25) is 18.9 Å². The molecule has 0 amide bonds. The van der Waals surface area contributed by atoms with E-state index >= 15 is 0 Å². The average Bonchev–Trinajstić information content (AvgIpc) is 3.28. The summed E-state index contributed by atoms with van der Waals surface area (Å²) < 4.78 is 52.5. The van der Waals surface area contributed by atoms with Crippen molar-refractivity contribution in [2.24, 2.45) is 0 Å². The number of aromatic amines is 1. The summed E-state index contributed by atoms with van der Waals surface area (Å²) in [6.45, 7) is -0.563. The summed E-state index contributed by atoms with van der Waals surface area (Å²) in [5.41, 5.74) is -1.50. The van der Waals surface area contributed by atoms with Gasteiger partial charge in [-0.15, -0.1) is 0 Å². The van der Waals surface area contributed by atoms with Gasteiger partial charge in [0.15, 0.2) is 11.0 Å². The van der Waals surface area contributed by atoms with Gasteiger partial charge in [0.2, 0.25) is 0 Å². The maximum atomic E-state index is 11.8. The molecule has 1 aromatic heterocycles. The zero-order valence-electron chi connectivity index (χ0n) is 14.5. The van der Waals surface area contributed by atoms with Crippen molar-refractivity contribution in [1.29, 1.82) is 0 Å². The van der Waals surface area contributed by atoms with Gasteiger partial charge < -0.3 is 34.7 Å². The molecule has 16 nitrogen and oxygen atoms in total. The maximum Gasteiger partial charge on any atom is 0.490 e. The number of rotatable bonds is 8. The van der Waals surface area contributed by atoms with E-state index in [-0.39, 0.29) is 11.3 Å². The van der Waals surface area contributed by atoms with Crippen molar-refractivity contribution < 1.29 is 56.3 Å². The Morgan fingerprint density at radius 2 is 1.87 bits per heavy atom. The summed E-state index contributed by atoms with van der Waals surface area (Å²) in [6, 6.07) is 1.17. The highest BCUT2D eigenvalue weighted by Crippen LogP contribution is 2.66. The minimum Gasteiger partial charge on any atom is -0.388 e. The summed E-state index contributed by atoms with van der Waals surface area (Å²) in [5, 5.41) is 13.4. The molecule has 0 bridgehead atoms. The summed E-state index contributed by atoms with van der Waals surface area (Å²) >= 11 is 5.06. The van der Waals surface area contributed by atoms with E-state index in [0.29, 0.717) is 0 Å². The Bertz CT molecular complexity index is 1080. The smallest absolute Gasteiger partial charge is 0.388 e. The lowest BCUT2D eigenvalue weighted by Gasteiger charge is -2.20. The minimum absolute atomic E-state index is 0.0127. The fourth-order valence-corrected chi connectivity index (χ4v) is 6.14. The quantitative estimate of drug-likeness (QED) is 0.124. The third kappa shape index (κ3) is 5.41. The molecule has 4 unspecified atom stereocenters. The second kappa shape index (κ2) is 8.06. The second-order valence-corrected chi connectivity index (χ2v) is 11.1. The van der Waals surface area contributed by atoms with E-state index in [9.17, 15) is 28.5 Å². The fraction of sp³-hybridized carbons (Fsp3) is 0.600. The molecule has 7 N–H and O–H groups in total. The van der Waals surface area contributed by atoms with Crippen molar-refractivity contribution in [3.05, 3.63) is 27.4 Å². The molecule has 2 aliphatic heterocycles. The molecule has 30 heavy (non-hydrogen) atoms. The number of ether oxygens (including phenoxy) is 1. The van der Waals surface area contributed by atoms with Crippen LogP contribution in [0.4, 0.5) is 0 Å². The molecule has 2 aliphatic rings. The predicted octanol–water partition coefficient (Wildman–Crippen LogP) is -1.15. The molecule has 6 atom stereocenters. The van der Waals surface area contributed by atoms with E-state index in [1.54, 1.807) is 0 Å². The lowest BCUT2D eigenvalue weighted by molar-refractivity contribution is -0.0455. The molecule has 0 radical (unpaired) electrons. The first kappa shape index (κ1) is 24.0. The van der Waals surface area contributed by atoms with E-state index in [1.165, 1.54) is 16.8 Å². The van der Waals surface area contributed by atoms with Crippen LogP contribution in [0, 0.1) is 4.77 Å². The van der Waals surface area contributed by atoms with E-state index in [2.05, 4.69) is 23.4 Å². The zero-order chi connectivity index (χ0) is 22.5. The number of aromatic nitrogens is 2. The van der Waals surface area contributed by atoms with Crippen LogP contribution in [0.15, 0.2) is 17.1 Å². The largest absolute Gasteiger partial charge is 0.490 e. The van der Waals surface area contributed by atoms with Crippen molar-refractivity contribution >= 4 is 35.7 Å². The Morgan fingerprint density at radius 3 is 2.40 bits per heavy atom. The zero-order valence-corrected chi connectivity index (χ0v) is 18.0. The Labute approximate surface area is 171 Å². The van der Waals surface area contributed by atoms with Crippen LogP contribution in [0.2, 0.25) is 0 Å². The van der Waals surface area contributed by atoms with Crippen LogP contribution in [0.3, 0.4) is 0 Å². The number of nitrogens with one attached hydrogen (secondary N) is 2. The van der Waals surface area contributed by atoms with Gasteiger partial charge in [-0.1, -0.05) is 0 Å². The highest BCUT2D eigenvalue weighted by Gasteiger charge is 2.64. The third-order valence-electron chi connectivity index (χ3n) is 4.13. The minimum atomic E-state index is -5.67. The third-order valence-corrected chi connectivity index (χ3v) is 8.25. The van der Waals surface area contributed by atoms with Crippen molar-refractivity contribution in [2.45, 2.75) is 24.0 Å². The van der Waals surface area contributed by atoms with Gasteiger partial charge in [-0.2, -0.15) is 8.62 Å². The lowest BCUT2D eigenvalue weighted by Crippen LogP contribution is -2.39. The summed E-state index contributed by atoms with van der Waals surface area (Å²) in [5.74, 6) is 0. The Balaban J connectivity index is 1.70. The molecule has 0 saturated carbocycles. The van der Waals surface area contributed by atoms with E-state index in [0.717, 1.165) is 0 Å². The van der Waals surface area contributed by atoms with Crippen LogP contribution in [0.1, 0.15) is 6.23 Å². The van der Waals surface area contributed by atoms with Gasteiger partial charge in [0.1, 0.15) is 17.7 Å². The van der Waals surface area contributed by atoms with Gasteiger partial charge in [0.05, 0.1) is 6.61 Å². The molecule has 2 fully saturated rings. The van der Waals surface area contributed by atoms with E-state index in [4.69, 9.17) is 31.6 Å². The number of nitrogens with zero attached hydrogens (tertiary/aromatic N) is 1. The molecule has 3 rings (SSSR count). The number of hydrogen-bond acceptors (Lipinski definition) is 11. The molecular formula is C10H16N3O13P3S. The van der Waals surface area contributed by atoms with Gasteiger partial charge in [-0.05, 0) is 12.2 Å². The SMILES string of the molecule is O=c1ccn(C2O[C@H](COP(=O)(O)OP(=O)(O)OP(=O)(O)O)C(O)[C@@]23CN3)c(=S)[nH]1. The number of aliphatic hydroxyl groups excluding tert-OH is 1. The molecule has 1 aromatic rings. The first-order chi connectivity index (χ1) is 13.6. The second-order valence-electron chi connectivity index (χ2n) is 6.27. The maximum absolute atomic E-state index is 11.8. The molecular weight excluding hydrogens is 495 g/mol. The van der Waals surface area contributed by atoms with E-state index in [1.807, 2.05) is 0 Å². The van der Waals surface area contributed by atoms with Gasteiger partial charge in [-0.25, -0.2) is 13.7 Å². The predicted molar refractivity (Wildman–Crippen MR) is 96.4 cm³/mol. The van der Waals surface area contributed by atoms with Gasteiger partial charge >= 0.3 is 23.5 Å². The summed E-state index contributed by atoms with van der Waals surface area (Å²) in [6.07, 6.45) is -2.18. The summed E-state index contributed by atoms with van der Waals surface area (Å²) in [4.78, 5) is 49.4. The molecule has 1 spiro atoms. The molecule has 0 aromatic carbocycles. The van der Waals surface area contributed by atoms with Crippen LogP contribution in [-0.2, 0) is 31.6 Å². The molecule has 20 heteroatoms. The topological polar surface area (TPSA) is 249 Å². The van der Waals surface area contributed by atoms with Gasteiger partial charge in [0.25, 0.3) is 5.56 Å². The van der Waals surface area contributed by atoms with Crippen LogP contribution in [0.5, 0.6) is 0 Å². The number of H-pyrrole nitrogens is 1. The highest BCUT2D eigenvalue weighted by molar-refractivity contribution is 7.71. The van der Waals surface area contributed by atoms with Crippen LogP contribution < -0.4 is 10.9 Å². The van der Waals surface area contributed by atoms with E-state index < -0.39 is 59.6 Å². The Morgan fingerprint density at radius 1 is 1.23 bits per heavy atom. The first-order valence-electron chi connectivity index (χ1n) is 7.83. The fourth-order valence-electron chi connectivity index (χ4n) is 2.85. The lowest BCUT2D eigenvalue weighted by atomic mass is 10.00. The van der Waals surface area contributed by atoms with Crippen molar-refractivity contribution in [3.8, 4) is 0 Å². The monoisotopic (exact) mass is 511 g/mol. The Hall–Kier alpha value is -0.610. The van der Waals surface area contributed by atoms with Crippen molar-refractivity contribution in [1.82, 2.24) is 14.9 Å². The van der Waals surface area contributed by atoms with Crippen molar-refractivity contribution in [2.75, 3.05) is 13.2 Å². The van der Waals surface area contributed by atoms with Crippen molar-refractivity contribution in [3.63, 3.8) is 0 Å². The highest BCUT2D eigenvalue weighted by atomic mass is 32.1. The first-order valence-corrected chi connectivity index (χ1v) is 12.8. The summed E-state index contributed by atoms with van der Waals surface area (Å²) in [7, 11) is -16.6. The number of aliphatic hydroxyl groups is 1. The average molecular weight is 511 g/mol. The van der Waals surface area contributed by atoms with Crippen LogP contribution in [0.25, 0.3) is 0 Å². The van der Waals surface area contributed by atoms with Crippen LogP contribution in [-0.4, -0.2) is 65.1 Å². The molecule has 170 valence electrons. The number of phosphoric ester groups is 1. The molecule has 3 heterocycles. The standard InChI is InChI=1S/C10H16N3O13P3S/c14-6-1-2-13(9(30)12-6)8-10(4-11-10)7(15)5(24-8)3-23-28(19,20)26-29(21,22)25-27(16,17)18/h1-2,5,7-8,11,15H,3-4H2,(H,19,20)(H,21,22)(H,12,14,30)(H2,16,17,18)/t5-,7?,8?,10+/m1/s1. The molecule has 0 aliphatic carbocycles. The van der Waals surface area contributed by atoms with Crippen LogP contribution >= 0.6 is 35.7 Å².